The number of benzene rings is 7. The van der Waals surface area contributed by atoms with Crippen molar-refractivity contribution in [1.82, 2.24) is 4.57 Å². The molecule has 12 rings (SSSR count). The molecule has 304 valence electrons. The molecule has 7 aromatic carbocycles. The van der Waals surface area contributed by atoms with Gasteiger partial charge in [-0.05, 0) is 118 Å². The Balaban J connectivity index is 1.28. The Morgan fingerprint density at radius 2 is 0.774 bits per heavy atom. The summed E-state index contributed by atoms with van der Waals surface area (Å²) in [4.78, 5) is 2.77. The normalized spacial score (nSPS) is 14.7. The molecule has 2 nitrogen and oxygen atoms in total. The Morgan fingerprint density at radius 3 is 1.26 bits per heavy atom. The zero-order valence-electron chi connectivity index (χ0n) is 38.6. The number of para-hydroxylation sites is 2. The molecule has 0 N–H and O–H groups in total. The van der Waals surface area contributed by atoms with E-state index < -0.39 is 0 Å². The minimum Gasteiger partial charge on any atom is -0.312 e. The van der Waals surface area contributed by atoms with Gasteiger partial charge >= 0.3 is 0 Å². The first-order chi connectivity index (χ1) is 29.3. The van der Waals surface area contributed by atoms with Gasteiger partial charge in [-0.15, -0.1) is 0 Å². The molecule has 0 atom stereocenters. The molecule has 4 aliphatic heterocycles. The minimum atomic E-state index is -0.0491. The third kappa shape index (κ3) is 5.01. The molecule has 0 spiro atoms. The van der Waals surface area contributed by atoms with E-state index in [1.807, 2.05) is 0 Å². The standard InChI is InChI=1S/C58H56B2N2/c1-55(2,3)33-21-23-43-39(27-33)41-29-35(57(7,8)9)31-49-51(41)59(43)45-25-26-48(61-46-19-15-13-17-37(46)38-18-14-16-20-47(38)61)53-54(45)62(49)50-32-36(58(10,11)12)30-42-40-28-34(56(4,5)6)22-24-44(40)60(53)52(42)50/h13-32H,1-12H3. The third-order valence-corrected chi connectivity index (χ3v) is 15.0. The first-order valence-electron chi connectivity index (χ1n) is 22.9. The lowest BCUT2D eigenvalue weighted by Crippen LogP contribution is -2.63. The zero-order valence-corrected chi connectivity index (χ0v) is 38.6. The van der Waals surface area contributed by atoms with Crippen molar-refractivity contribution in [3.05, 3.63) is 144 Å². The zero-order chi connectivity index (χ0) is 43.2. The molecular formula is C58H56B2N2. The van der Waals surface area contributed by atoms with Gasteiger partial charge in [0, 0.05) is 33.5 Å². The fraction of sp³-hybridized carbons (Fsp3) is 0.276. The minimum absolute atomic E-state index is 0.0231. The van der Waals surface area contributed by atoms with E-state index in [1.165, 1.54) is 122 Å². The summed E-state index contributed by atoms with van der Waals surface area (Å²) in [5.74, 6) is 0. The first-order valence-corrected chi connectivity index (χ1v) is 22.9. The van der Waals surface area contributed by atoms with E-state index in [1.54, 1.807) is 0 Å². The van der Waals surface area contributed by atoms with Crippen LogP contribution in [0.15, 0.2) is 121 Å². The van der Waals surface area contributed by atoms with Gasteiger partial charge in [-0.2, -0.15) is 0 Å². The van der Waals surface area contributed by atoms with Crippen LogP contribution >= 0.6 is 0 Å². The number of fused-ring (bicyclic) bond motifs is 13. The number of hydrogen-bond donors (Lipinski definition) is 0. The summed E-state index contributed by atoms with van der Waals surface area (Å²) in [5.41, 5.74) is 27.5. The second-order valence-corrected chi connectivity index (χ2v) is 23.0. The highest BCUT2D eigenvalue weighted by Crippen LogP contribution is 2.49. The lowest BCUT2D eigenvalue weighted by molar-refractivity contribution is 0.589. The van der Waals surface area contributed by atoms with Gasteiger partial charge in [-0.25, -0.2) is 0 Å². The van der Waals surface area contributed by atoms with E-state index in [-0.39, 0.29) is 35.1 Å². The summed E-state index contributed by atoms with van der Waals surface area (Å²) in [7, 11) is 0. The number of anilines is 3. The Bertz CT molecular complexity index is 3220. The second-order valence-electron chi connectivity index (χ2n) is 23.0. The van der Waals surface area contributed by atoms with Crippen molar-refractivity contribution >= 4 is 85.1 Å². The maximum atomic E-state index is 2.77. The topological polar surface area (TPSA) is 8.17 Å². The Labute approximate surface area is 369 Å². The van der Waals surface area contributed by atoms with Crippen LogP contribution in [0.2, 0.25) is 0 Å². The average molecular weight is 803 g/mol. The summed E-state index contributed by atoms with van der Waals surface area (Å²) >= 11 is 0. The number of nitrogens with zero attached hydrogens (tertiary/aromatic N) is 2. The SMILES string of the molecule is CC(C)(C)c1ccc2c(c1)-c1cc(C(C)(C)C)cc3c1B2c1ccc(-n2c4ccccc4c4ccccc42)c2c1N3c1cc(C(C)(C)C)cc3c1B2c1ccc(C(C)(C)C)cc1-3. The molecule has 0 saturated heterocycles. The third-order valence-electron chi connectivity index (χ3n) is 15.0. The highest BCUT2D eigenvalue weighted by Gasteiger charge is 2.51. The van der Waals surface area contributed by atoms with E-state index in [0.717, 1.165) is 0 Å². The maximum absolute atomic E-state index is 2.77. The summed E-state index contributed by atoms with van der Waals surface area (Å²) in [6.45, 7) is 28.6. The largest absolute Gasteiger partial charge is 0.312 e. The predicted octanol–water partition coefficient (Wildman–Crippen LogP) is 11.1. The maximum Gasteiger partial charge on any atom is 0.250 e. The lowest BCUT2D eigenvalue weighted by atomic mass is 9.32. The number of rotatable bonds is 1. The fourth-order valence-electron chi connectivity index (χ4n) is 11.6. The van der Waals surface area contributed by atoms with E-state index in [0.29, 0.717) is 0 Å². The van der Waals surface area contributed by atoms with E-state index >= 15 is 0 Å². The van der Waals surface area contributed by atoms with Gasteiger partial charge in [0.2, 0.25) is 6.71 Å². The Morgan fingerprint density at radius 1 is 0.355 bits per heavy atom. The van der Waals surface area contributed by atoms with E-state index in [9.17, 15) is 0 Å². The van der Waals surface area contributed by atoms with Crippen LogP contribution in [-0.4, -0.2) is 18.0 Å². The molecule has 0 bridgehead atoms. The van der Waals surface area contributed by atoms with Gasteiger partial charge in [-0.3, -0.25) is 0 Å². The molecule has 0 amide bonds. The summed E-state index contributed by atoms with van der Waals surface area (Å²) < 4.78 is 2.60. The van der Waals surface area contributed by atoms with Crippen molar-refractivity contribution in [2.24, 2.45) is 0 Å². The summed E-state index contributed by atoms with van der Waals surface area (Å²) in [6, 6.07) is 48.2. The molecule has 0 radical (unpaired) electrons. The monoisotopic (exact) mass is 802 g/mol. The molecule has 0 saturated carbocycles. The van der Waals surface area contributed by atoms with Gasteiger partial charge in [0.05, 0.1) is 11.0 Å². The molecule has 0 fully saturated rings. The molecule has 8 aromatic rings. The average Bonchev–Trinajstić information content (AvgIpc) is 3.85. The van der Waals surface area contributed by atoms with Crippen molar-refractivity contribution in [2.75, 3.05) is 4.90 Å². The highest BCUT2D eigenvalue weighted by molar-refractivity contribution is 7.05. The molecule has 0 aliphatic carbocycles. The molecule has 0 unspecified atom stereocenters. The first kappa shape index (κ1) is 38.0. The Kier molecular flexibility index (Phi) is 7.38. The summed E-state index contributed by atoms with van der Waals surface area (Å²) in [5, 5.41) is 2.59. The van der Waals surface area contributed by atoms with Gasteiger partial charge in [-0.1, -0.05) is 185 Å². The number of aromatic nitrogens is 1. The van der Waals surface area contributed by atoms with Crippen LogP contribution in [0.5, 0.6) is 0 Å². The highest BCUT2D eigenvalue weighted by atomic mass is 15.2. The van der Waals surface area contributed by atoms with Crippen molar-refractivity contribution in [3.63, 3.8) is 0 Å². The lowest BCUT2D eigenvalue weighted by Gasteiger charge is -2.44. The van der Waals surface area contributed by atoms with Crippen LogP contribution in [0.1, 0.15) is 105 Å². The van der Waals surface area contributed by atoms with Crippen molar-refractivity contribution < 1.29 is 0 Å². The molecule has 62 heavy (non-hydrogen) atoms. The van der Waals surface area contributed by atoms with E-state index in [4.69, 9.17) is 0 Å². The quantitative estimate of drug-likeness (QED) is 0.150. The van der Waals surface area contributed by atoms with Gasteiger partial charge in [0.1, 0.15) is 0 Å². The number of hydrogen-bond acceptors (Lipinski definition) is 1. The van der Waals surface area contributed by atoms with Crippen LogP contribution in [0, 0.1) is 0 Å². The predicted molar refractivity (Wildman–Crippen MR) is 270 cm³/mol. The van der Waals surface area contributed by atoms with Crippen molar-refractivity contribution in [3.8, 4) is 27.9 Å². The Hall–Kier alpha value is -5.73. The molecular weight excluding hydrogens is 746 g/mol. The van der Waals surface area contributed by atoms with E-state index in [2.05, 4.69) is 214 Å². The van der Waals surface area contributed by atoms with Gasteiger partial charge < -0.3 is 9.47 Å². The molecule has 1 aromatic heterocycles. The van der Waals surface area contributed by atoms with Crippen LogP contribution in [-0.2, 0) is 21.7 Å². The smallest absolute Gasteiger partial charge is 0.250 e. The summed E-state index contributed by atoms with van der Waals surface area (Å²) in [6.07, 6.45) is 0. The van der Waals surface area contributed by atoms with Crippen LogP contribution in [0.25, 0.3) is 49.7 Å². The van der Waals surface area contributed by atoms with Crippen LogP contribution in [0.4, 0.5) is 17.1 Å². The molecule has 5 heterocycles. The molecule has 4 heteroatoms. The van der Waals surface area contributed by atoms with Crippen LogP contribution < -0.4 is 37.7 Å². The van der Waals surface area contributed by atoms with Crippen LogP contribution in [0.3, 0.4) is 0 Å². The van der Waals surface area contributed by atoms with Crippen molar-refractivity contribution in [1.29, 1.82) is 0 Å². The van der Waals surface area contributed by atoms with Gasteiger partial charge in [0.25, 0.3) is 6.71 Å². The molecule has 4 aliphatic rings. The van der Waals surface area contributed by atoms with Gasteiger partial charge in [0.15, 0.2) is 0 Å². The fourth-order valence-corrected chi connectivity index (χ4v) is 11.6. The second kappa shape index (κ2) is 12.0. The van der Waals surface area contributed by atoms with Crippen molar-refractivity contribution in [2.45, 2.75) is 105 Å².